The van der Waals surface area contributed by atoms with Gasteiger partial charge in [0.1, 0.15) is 5.82 Å². The number of alkyl halides is 3. The molecule has 1 aliphatic carbocycles. The third kappa shape index (κ3) is 3.05. The van der Waals surface area contributed by atoms with Crippen molar-refractivity contribution >= 4 is 17.5 Å². The van der Waals surface area contributed by atoms with Gasteiger partial charge >= 0.3 is 6.18 Å². The number of aryl methyl sites for hydroxylation is 1. The molecule has 1 atom stereocenters. The Hall–Kier alpha value is -3.68. The van der Waals surface area contributed by atoms with Crippen LogP contribution in [0, 0.1) is 5.82 Å². The van der Waals surface area contributed by atoms with Crippen LogP contribution in [0.2, 0.25) is 0 Å². The van der Waals surface area contributed by atoms with Crippen LogP contribution in [0.1, 0.15) is 49.4 Å². The van der Waals surface area contributed by atoms with E-state index >= 15 is 0 Å². The molecule has 0 saturated carbocycles. The van der Waals surface area contributed by atoms with Gasteiger partial charge in [0.25, 0.3) is 11.8 Å². The van der Waals surface area contributed by atoms with Crippen LogP contribution < -0.4 is 10.6 Å². The molecule has 0 bridgehead atoms. The van der Waals surface area contributed by atoms with Gasteiger partial charge in [-0.05, 0) is 54.3 Å². The Kier molecular flexibility index (Phi) is 4.37. The second-order valence-corrected chi connectivity index (χ2v) is 7.93. The number of nitrogens with one attached hydrogen (secondary N) is 2. The summed E-state index contributed by atoms with van der Waals surface area (Å²) in [5, 5.41) is 5.65. The van der Waals surface area contributed by atoms with E-state index in [0.29, 0.717) is 35.4 Å². The molecule has 1 unspecified atom stereocenters. The predicted octanol–water partition coefficient (Wildman–Crippen LogP) is 5.03. The highest BCUT2D eigenvalue weighted by atomic mass is 19.4. The highest BCUT2D eigenvalue weighted by molar-refractivity contribution is 6.08. The second kappa shape index (κ2) is 6.91. The fourth-order valence-corrected chi connectivity index (χ4v) is 4.71. The van der Waals surface area contributed by atoms with Gasteiger partial charge in [-0.2, -0.15) is 13.2 Å². The van der Waals surface area contributed by atoms with E-state index in [4.69, 9.17) is 0 Å². The normalized spacial score (nSPS) is 18.9. The minimum Gasteiger partial charge on any atom is -0.338 e. The molecule has 8 heteroatoms. The lowest BCUT2D eigenvalue weighted by Gasteiger charge is -2.28. The summed E-state index contributed by atoms with van der Waals surface area (Å²) < 4.78 is 53.0. The molecule has 0 saturated heterocycles. The second-order valence-electron chi connectivity index (χ2n) is 7.93. The summed E-state index contributed by atoms with van der Waals surface area (Å²) in [6, 6.07) is 14.2. The van der Waals surface area contributed by atoms with Crippen LogP contribution in [0.25, 0.3) is 0 Å². The van der Waals surface area contributed by atoms with Crippen LogP contribution in [0.15, 0.2) is 60.7 Å². The van der Waals surface area contributed by atoms with Crippen molar-refractivity contribution in [2.75, 3.05) is 5.32 Å². The van der Waals surface area contributed by atoms with Gasteiger partial charge in [0.2, 0.25) is 0 Å². The molecule has 4 nitrogen and oxygen atoms in total. The zero-order valence-corrected chi connectivity index (χ0v) is 16.5. The summed E-state index contributed by atoms with van der Waals surface area (Å²) in [7, 11) is 0. The predicted molar refractivity (Wildman–Crippen MR) is 109 cm³/mol. The molecule has 2 N–H and O–H groups in total. The van der Waals surface area contributed by atoms with Gasteiger partial charge in [-0.15, -0.1) is 0 Å². The Balaban J connectivity index is 1.58. The first-order valence-electron chi connectivity index (χ1n) is 9.92. The fraction of sp³-hybridized carbons (Fsp3) is 0.167. The number of rotatable bonds is 2. The number of hydrogen-bond donors (Lipinski definition) is 2. The van der Waals surface area contributed by atoms with E-state index in [1.165, 1.54) is 0 Å². The maximum atomic E-state index is 13.8. The van der Waals surface area contributed by atoms with Crippen molar-refractivity contribution in [3.8, 4) is 0 Å². The Morgan fingerprint density at radius 1 is 1.03 bits per heavy atom. The van der Waals surface area contributed by atoms with Crippen molar-refractivity contribution in [3.63, 3.8) is 0 Å². The number of carbonyl (C=O) groups excluding carboxylic acids is 2. The number of fused-ring (bicyclic) bond motifs is 4. The quantitative estimate of drug-likeness (QED) is 0.550. The minimum atomic E-state index is -4.79. The number of benzene rings is 3. The van der Waals surface area contributed by atoms with Crippen LogP contribution in [-0.4, -0.2) is 11.8 Å². The first-order valence-corrected chi connectivity index (χ1v) is 9.92. The first-order chi connectivity index (χ1) is 15.2. The van der Waals surface area contributed by atoms with E-state index in [2.05, 4.69) is 10.6 Å². The van der Waals surface area contributed by atoms with Crippen molar-refractivity contribution in [2.45, 2.75) is 24.6 Å². The van der Waals surface area contributed by atoms with Crippen molar-refractivity contribution < 1.29 is 27.2 Å². The van der Waals surface area contributed by atoms with Crippen LogP contribution in [0.4, 0.5) is 23.2 Å². The van der Waals surface area contributed by atoms with Crippen LogP contribution in [0.5, 0.6) is 0 Å². The van der Waals surface area contributed by atoms with Gasteiger partial charge in [0.05, 0.1) is 11.1 Å². The summed E-state index contributed by atoms with van der Waals surface area (Å²) in [6.45, 7) is 0. The highest BCUT2D eigenvalue weighted by Crippen LogP contribution is 2.49. The molecule has 1 aliphatic heterocycles. The van der Waals surface area contributed by atoms with Gasteiger partial charge in [-0.3, -0.25) is 9.59 Å². The standard InChI is InChI=1S/C24H16F4N2O2/c25-16-11-14(10-15(12-16)24(26,27)28)21(31)29-19-7-3-5-17-20(19)23(30-22(17)32)9-8-13-4-1-2-6-18(13)23/h1-7,10-12H,8-9H2,(H,29,31)(H,30,32). The highest BCUT2D eigenvalue weighted by Gasteiger charge is 2.49. The summed E-state index contributed by atoms with van der Waals surface area (Å²) in [5.41, 5.74) is 0.671. The van der Waals surface area contributed by atoms with Crippen molar-refractivity contribution in [1.29, 1.82) is 0 Å². The summed E-state index contributed by atoms with van der Waals surface area (Å²) in [5.74, 6) is -2.36. The molecule has 0 radical (unpaired) electrons. The number of hydrogen-bond acceptors (Lipinski definition) is 2. The third-order valence-corrected chi connectivity index (χ3v) is 6.04. The number of anilines is 1. The largest absolute Gasteiger partial charge is 0.416 e. The SMILES string of the molecule is O=C(Nc1cccc2c1C1(CCc3ccccc31)NC2=O)c1cc(F)cc(C(F)(F)F)c1. The monoisotopic (exact) mass is 440 g/mol. The Bertz CT molecular complexity index is 1290. The summed E-state index contributed by atoms with van der Waals surface area (Å²) in [4.78, 5) is 25.6. The van der Waals surface area contributed by atoms with Gasteiger partial charge in [0.15, 0.2) is 0 Å². The molecule has 32 heavy (non-hydrogen) atoms. The van der Waals surface area contributed by atoms with Crippen LogP contribution in [-0.2, 0) is 18.1 Å². The number of carbonyl (C=O) groups is 2. The van der Waals surface area contributed by atoms with Gasteiger partial charge in [0, 0.05) is 22.4 Å². The molecule has 1 heterocycles. The average molecular weight is 440 g/mol. The molecule has 162 valence electrons. The molecule has 0 aromatic heterocycles. The maximum Gasteiger partial charge on any atom is 0.416 e. The molecule has 1 spiro atoms. The first kappa shape index (κ1) is 20.2. The third-order valence-electron chi connectivity index (χ3n) is 6.04. The number of halogens is 4. The van der Waals surface area contributed by atoms with Gasteiger partial charge in [-0.1, -0.05) is 30.3 Å². The van der Waals surface area contributed by atoms with Gasteiger partial charge < -0.3 is 10.6 Å². The topological polar surface area (TPSA) is 58.2 Å². The molecular weight excluding hydrogens is 424 g/mol. The molecular formula is C24H16F4N2O2. The van der Waals surface area contributed by atoms with E-state index in [-0.39, 0.29) is 5.91 Å². The molecule has 5 rings (SSSR count). The van der Waals surface area contributed by atoms with E-state index in [0.717, 1.165) is 23.6 Å². The summed E-state index contributed by atoms with van der Waals surface area (Å²) in [6.07, 6.45) is -3.49. The maximum absolute atomic E-state index is 13.8. The smallest absolute Gasteiger partial charge is 0.338 e. The zero-order valence-electron chi connectivity index (χ0n) is 16.5. The van der Waals surface area contributed by atoms with E-state index < -0.39 is 34.6 Å². The van der Waals surface area contributed by atoms with E-state index in [1.807, 2.05) is 24.3 Å². The Morgan fingerprint density at radius 3 is 2.59 bits per heavy atom. The minimum absolute atomic E-state index is 0.292. The van der Waals surface area contributed by atoms with Crippen molar-refractivity contribution in [3.05, 3.63) is 99.9 Å². The van der Waals surface area contributed by atoms with Gasteiger partial charge in [-0.25, -0.2) is 4.39 Å². The van der Waals surface area contributed by atoms with E-state index in [1.54, 1.807) is 18.2 Å². The molecule has 0 fully saturated rings. The molecule has 3 aromatic rings. The number of amides is 2. The molecule has 3 aromatic carbocycles. The average Bonchev–Trinajstić information content (AvgIpc) is 3.26. The molecule has 2 amide bonds. The fourth-order valence-electron chi connectivity index (χ4n) is 4.71. The Labute approximate surface area is 180 Å². The van der Waals surface area contributed by atoms with E-state index in [9.17, 15) is 27.2 Å². The van der Waals surface area contributed by atoms with Crippen LogP contribution in [0.3, 0.4) is 0 Å². The lowest BCUT2D eigenvalue weighted by atomic mass is 9.83. The van der Waals surface area contributed by atoms with Crippen molar-refractivity contribution in [1.82, 2.24) is 5.32 Å². The summed E-state index contributed by atoms with van der Waals surface area (Å²) >= 11 is 0. The zero-order chi connectivity index (χ0) is 22.7. The lowest BCUT2D eigenvalue weighted by Crippen LogP contribution is -2.38. The molecule has 2 aliphatic rings. The Morgan fingerprint density at radius 2 is 1.81 bits per heavy atom. The van der Waals surface area contributed by atoms with Crippen LogP contribution >= 0.6 is 0 Å². The lowest BCUT2D eigenvalue weighted by molar-refractivity contribution is -0.137. The van der Waals surface area contributed by atoms with Crippen molar-refractivity contribution in [2.24, 2.45) is 0 Å².